The maximum atomic E-state index is 6.11. The van der Waals surface area contributed by atoms with Gasteiger partial charge < -0.3 is 9.47 Å². The van der Waals surface area contributed by atoms with Crippen LogP contribution in [0.15, 0.2) is 39.3 Å². The third kappa shape index (κ3) is 3.42. The van der Waals surface area contributed by atoms with Gasteiger partial charge in [-0.3, -0.25) is 0 Å². The molecule has 0 N–H and O–H groups in total. The molecule has 0 aliphatic carbocycles. The Morgan fingerprint density at radius 3 is 2.35 bits per heavy atom. The van der Waals surface area contributed by atoms with E-state index in [-0.39, 0.29) is 5.88 Å². The van der Waals surface area contributed by atoms with Gasteiger partial charge in [0.05, 0.1) is 21.9 Å². The number of halogens is 4. The van der Waals surface area contributed by atoms with E-state index in [4.69, 9.17) is 32.7 Å². The molecule has 0 spiro atoms. The van der Waals surface area contributed by atoms with Gasteiger partial charge in [0.2, 0.25) is 0 Å². The Hall–Kier alpha value is -0.420. The number of ether oxygens (including phenoxy) is 2. The van der Waals surface area contributed by atoms with E-state index in [0.717, 1.165) is 14.5 Å². The molecule has 0 aromatic heterocycles. The van der Waals surface area contributed by atoms with E-state index < -0.39 is 0 Å². The Morgan fingerprint density at radius 1 is 1.05 bits per heavy atom. The first-order valence-electron chi connectivity index (χ1n) is 5.61. The molecule has 2 aromatic carbocycles. The lowest BCUT2D eigenvalue weighted by atomic mass is 10.2. The highest BCUT2D eigenvalue weighted by Crippen LogP contribution is 2.40. The molecule has 0 unspecified atom stereocenters. The van der Waals surface area contributed by atoms with E-state index in [2.05, 4.69) is 31.9 Å². The zero-order valence-corrected chi connectivity index (χ0v) is 15.1. The topological polar surface area (TPSA) is 18.5 Å². The Kier molecular flexibility index (Phi) is 5.61. The number of benzene rings is 2. The second kappa shape index (κ2) is 7.03. The highest BCUT2D eigenvalue weighted by Gasteiger charge is 2.12. The standard InChI is InChI=1S/C14H10Br2Cl2O2/c1-19-13-5-10(16)14(6-9(13)15)20-12-4-2-3-11(18)8(12)7-17/h2-6H,7H2,1H3. The summed E-state index contributed by atoms with van der Waals surface area (Å²) in [5.74, 6) is 2.27. The third-order valence-electron chi connectivity index (χ3n) is 2.64. The SMILES string of the molecule is COc1cc(Br)c(Oc2cccc(Cl)c2CCl)cc1Br. The summed E-state index contributed by atoms with van der Waals surface area (Å²) >= 11 is 18.9. The van der Waals surface area contributed by atoms with Crippen molar-refractivity contribution >= 4 is 55.1 Å². The summed E-state index contributed by atoms with van der Waals surface area (Å²) in [4.78, 5) is 0. The number of methoxy groups -OCH3 is 1. The van der Waals surface area contributed by atoms with Crippen LogP contribution < -0.4 is 9.47 Å². The summed E-state index contributed by atoms with van der Waals surface area (Å²) in [7, 11) is 1.61. The average molecular weight is 441 g/mol. The predicted molar refractivity (Wildman–Crippen MR) is 89.5 cm³/mol. The molecule has 0 aliphatic rings. The highest BCUT2D eigenvalue weighted by atomic mass is 79.9. The van der Waals surface area contributed by atoms with Crippen LogP contribution in [-0.2, 0) is 5.88 Å². The second-order valence-electron chi connectivity index (χ2n) is 3.87. The van der Waals surface area contributed by atoms with Crippen LogP contribution in [0.25, 0.3) is 0 Å². The van der Waals surface area contributed by atoms with Crippen molar-refractivity contribution in [3.63, 3.8) is 0 Å². The molecule has 106 valence electrons. The molecular formula is C14H10Br2Cl2O2. The Labute approximate surface area is 144 Å². The van der Waals surface area contributed by atoms with Crippen molar-refractivity contribution in [3.8, 4) is 17.2 Å². The fourth-order valence-corrected chi connectivity index (χ4v) is 3.09. The molecule has 0 saturated heterocycles. The molecular weight excluding hydrogens is 431 g/mol. The van der Waals surface area contributed by atoms with Crippen LogP contribution >= 0.6 is 55.1 Å². The largest absolute Gasteiger partial charge is 0.496 e. The van der Waals surface area contributed by atoms with Crippen molar-refractivity contribution in [1.82, 2.24) is 0 Å². The summed E-state index contributed by atoms with van der Waals surface area (Å²) in [5, 5.41) is 0.584. The van der Waals surface area contributed by atoms with Gasteiger partial charge in [-0.1, -0.05) is 17.7 Å². The van der Waals surface area contributed by atoms with Crippen molar-refractivity contribution < 1.29 is 9.47 Å². The molecule has 2 rings (SSSR count). The van der Waals surface area contributed by atoms with Gasteiger partial charge in [0.1, 0.15) is 17.2 Å². The normalized spacial score (nSPS) is 10.4. The van der Waals surface area contributed by atoms with E-state index in [1.165, 1.54) is 0 Å². The molecule has 0 bridgehead atoms. The van der Waals surface area contributed by atoms with Gasteiger partial charge in [-0.2, -0.15) is 0 Å². The average Bonchev–Trinajstić information content (AvgIpc) is 2.42. The maximum absolute atomic E-state index is 6.11. The fourth-order valence-electron chi connectivity index (χ4n) is 1.63. The van der Waals surface area contributed by atoms with Gasteiger partial charge in [0.15, 0.2) is 0 Å². The first kappa shape index (κ1) is 16.0. The predicted octanol–water partition coefficient (Wildman–Crippen LogP) is 6.40. The molecule has 0 atom stereocenters. The molecule has 6 heteroatoms. The van der Waals surface area contributed by atoms with Crippen molar-refractivity contribution in [3.05, 3.63) is 49.9 Å². The zero-order chi connectivity index (χ0) is 14.7. The fraction of sp³-hybridized carbons (Fsp3) is 0.143. The minimum absolute atomic E-state index is 0.282. The molecule has 20 heavy (non-hydrogen) atoms. The van der Waals surface area contributed by atoms with E-state index >= 15 is 0 Å². The molecule has 0 radical (unpaired) electrons. The van der Waals surface area contributed by atoms with Crippen LogP contribution in [0.3, 0.4) is 0 Å². The molecule has 0 amide bonds. The van der Waals surface area contributed by atoms with Crippen molar-refractivity contribution in [2.75, 3.05) is 7.11 Å². The molecule has 0 fully saturated rings. The lowest BCUT2D eigenvalue weighted by Crippen LogP contribution is -1.93. The van der Waals surface area contributed by atoms with Crippen LogP contribution in [0.2, 0.25) is 5.02 Å². The summed E-state index contributed by atoms with van der Waals surface area (Å²) < 4.78 is 12.7. The molecule has 0 aliphatic heterocycles. The summed E-state index contributed by atoms with van der Waals surface area (Å²) in [6.45, 7) is 0. The van der Waals surface area contributed by atoms with Crippen LogP contribution in [0.1, 0.15) is 5.56 Å². The van der Waals surface area contributed by atoms with Crippen molar-refractivity contribution in [2.45, 2.75) is 5.88 Å². The van der Waals surface area contributed by atoms with Gasteiger partial charge in [-0.05, 0) is 56.1 Å². The van der Waals surface area contributed by atoms with Gasteiger partial charge in [-0.25, -0.2) is 0 Å². The molecule has 2 nitrogen and oxygen atoms in total. The number of hydrogen-bond acceptors (Lipinski definition) is 2. The summed E-state index contributed by atoms with van der Waals surface area (Å²) in [5.41, 5.74) is 0.759. The Morgan fingerprint density at radius 2 is 1.70 bits per heavy atom. The zero-order valence-electron chi connectivity index (χ0n) is 10.4. The first-order chi connectivity index (χ1) is 9.56. The minimum atomic E-state index is 0.282. The molecule has 2 aromatic rings. The van der Waals surface area contributed by atoms with E-state index in [0.29, 0.717) is 22.3 Å². The van der Waals surface area contributed by atoms with Gasteiger partial charge in [-0.15, -0.1) is 11.6 Å². The van der Waals surface area contributed by atoms with E-state index in [1.807, 2.05) is 24.3 Å². The second-order valence-corrected chi connectivity index (χ2v) is 6.25. The van der Waals surface area contributed by atoms with Crippen molar-refractivity contribution in [2.24, 2.45) is 0 Å². The van der Waals surface area contributed by atoms with Crippen molar-refractivity contribution in [1.29, 1.82) is 0 Å². The Balaban J connectivity index is 2.40. The molecule has 0 saturated carbocycles. The van der Waals surface area contributed by atoms with Crippen LogP contribution in [-0.4, -0.2) is 7.11 Å². The summed E-state index contributed by atoms with van der Waals surface area (Å²) in [6, 6.07) is 9.08. The van der Waals surface area contributed by atoms with Gasteiger partial charge >= 0.3 is 0 Å². The van der Waals surface area contributed by atoms with Crippen LogP contribution in [0.4, 0.5) is 0 Å². The quantitative estimate of drug-likeness (QED) is 0.512. The number of alkyl halides is 1. The maximum Gasteiger partial charge on any atom is 0.143 e. The van der Waals surface area contributed by atoms with Crippen LogP contribution in [0.5, 0.6) is 17.2 Å². The summed E-state index contributed by atoms with van der Waals surface area (Å²) in [6.07, 6.45) is 0. The molecule has 0 heterocycles. The van der Waals surface area contributed by atoms with E-state index in [1.54, 1.807) is 13.2 Å². The Bertz CT molecular complexity index is 633. The first-order valence-corrected chi connectivity index (χ1v) is 8.11. The number of hydrogen-bond donors (Lipinski definition) is 0. The monoisotopic (exact) mass is 438 g/mol. The lowest BCUT2D eigenvalue weighted by Gasteiger charge is -2.13. The van der Waals surface area contributed by atoms with Gasteiger partial charge in [0.25, 0.3) is 0 Å². The minimum Gasteiger partial charge on any atom is -0.496 e. The third-order valence-corrected chi connectivity index (χ3v) is 4.50. The smallest absolute Gasteiger partial charge is 0.143 e. The number of rotatable bonds is 4. The van der Waals surface area contributed by atoms with Gasteiger partial charge in [0, 0.05) is 10.6 Å². The van der Waals surface area contributed by atoms with E-state index in [9.17, 15) is 0 Å². The lowest BCUT2D eigenvalue weighted by molar-refractivity contribution is 0.409. The highest BCUT2D eigenvalue weighted by molar-refractivity contribution is 9.11. The van der Waals surface area contributed by atoms with Crippen LogP contribution in [0, 0.1) is 0 Å².